The number of urea groups is 1. The van der Waals surface area contributed by atoms with Gasteiger partial charge in [0.2, 0.25) is 0 Å². The van der Waals surface area contributed by atoms with Gasteiger partial charge in [0.05, 0.1) is 11.8 Å². The second kappa shape index (κ2) is 7.03. The van der Waals surface area contributed by atoms with Crippen LogP contribution in [0.3, 0.4) is 0 Å². The Bertz CT molecular complexity index is 692. The van der Waals surface area contributed by atoms with Crippen molar-refractivity contribution < 1.29 is 14.3 Å². The van der Waals surface area contributed by atoms with E-state index in [1.165, 1.54) is 6.21 Å². The second-order valence-electron chi connectivity index (χ2n) is 4.56. The maximum atomic E-state index is 11.9. The molecule has 0 aliphatic heterocycles. The number of benzene rings is 2. The highest BCUT2D eigenvalue weighted by atomic mass is 16.5. The van der Waals surface area contributed by atoms with Crippen molar-refractivity contribution >= 4 is 18.2 Å². The van der Waals surface area contributed by atoms with Crippen molar-refractivity contribution in [3.63, 3.8) is 0 Å². The molecule has 0 saturated heterocycles. The van der Waals surface area contributed by atoms with Crippen LogP contribution in [0.15, 0.2) is 53.6 Å². The fraction of sp³-hybridized carbons (Fsp3) is 0.0625. The standard InChI is InChI=1S/C16H15N3O3/c1-11-2-6-13(7-3-11)15(20)22-14-8-4-12(5-9-14)10-18-19-16(17)21/h2-10H,1H3,(H3,17,19,21)/b18-10+. The largest absolute Gasteiger partial charge is 0.423 e. The molecular weight excluding hydrogens is 282 g/mol. The molecule has 0 fully saturated rings. The zero-order valence-electron chi connectivity index (χ0n) is 11.9. The van der Waals surface area contributed by atoms with E-state index in [4.69, 9.17) is 10.5 Å². The zero-order valence-corrected chi connectivity index (χ0v) is 11.9. The number of nitrogens with zero attached hydrogens (tertiary/aromatic N) is 1. The smallest absolute Gasteiger partial charge is 0.343 e. The first-order valence-corrected chi connectivity index (χ1v) is 6.52. The topological polar surface area (TPSA) is 93.8 Å². The molecule has 2 aromatic carbocycles. The van der Waals surface area contributed by atoms with Crippen LogP contribution in [-0.4, -0.2) is 18.2 Å². The maximum Gasteiger partial charge on any atom is 0.343 e. The van der Waals surface area contributed by atoms with Crippen molar-refractivity contribution in [2.45, 2.75) is 6.92 Å². The van der Waals surface area contributed by atoms with Crippen LogP contribution in [-0.2, 0) is 0 Å². The summed E-state index contributed by atoms with van der Waals surface area (Å²) < 4.78 is 5.26. The van der Waals surface area contributed by atoms with Crippen LogP contribution in [0, 0.1) is 6.92 Å². The Hall–Kier alpha value is -3.15. The molecule has 0 aliphatic rings. The Kier molecular flexibility index (Phi) is 4.87. The number of nitrogens with one attached hydrogen (secondary N) is 1. The van der Waals surface area contributed by atoms with Crippen molar-refractivity contribution in [2.75, 3.05) is 0 Å². The number of hydrogen-bond donors (Lipinski definition) is 2. The van der Waals surface area contributed by atoms with Crippen molar-refractivity contribution in [1.82, 2.24) is 5.43 Å². The number of hydrazone groups is 1. The van der Waals surface area contributed by atoms with Crippen molar-refractivity contribution in [1.29, 1.82) is 0 Å². The molecule has 0 atom stereocenters. The van der Waals surface area contributed by atoms with Gasteiger partial charge >= 0.3 is 12.0 Å². The van der Waals surface area contributed by atoms with Crippen LogP contribution in [0.4, 0.5) is 4.79 Å². The first-order valence-electron chi connectivity index (χ1n) is 6.52. The van der Waals surface area contributed by atoms with Gasteiger partial charge in [-0.15, -0.1) is 0 Å². The minimum Gasteiger partial charge on any atom is -0.423 e. The van der Waals surface area contributed by atoms with Gasteiger partial charge in [0.25, 0.3) is 0 Å². The van der Waals surface area contributed by atoms with Crippen molar-refractivity contribution in [2.24, 2.45) is 10.8 Å². The quantitative estimate of drug-likeness (QED) is 0.392. The number of esters is 1. The number of aryl methyl sites for hydroxylation is 1. The van der Waals surface area contributed by atoms with Gasteiger partial charge in [-0.3, -0.25) is 0 Å². The summed E-state index contributed by atoms with van der Waals surface area (Å²) in [5, 5.41) is 3.63. The molecule has 112 valence electrons. The average Bonchev–Trinajstić information content (AvgIpc) is 2.49. The van der Waals surface area contributed by atoms with E-state index in [1.807, 2.05) is 19.1 Å². The highest BCUT2D eigenvalue weighted by Gasteiger charge is 2.07. The Morgan fingerprint density at radius 3 is 2.32 bits per heavy atom. The summed E-state index contributed by atoms with van der Waals surface area (Å²) in [7, 11) is 0. The lowest BCUT2D eigenvalue weighted by Gasteiger charge is -2.05. The number of carbonyl (C=O) groups excluding carboxylic acids is 2. The molecule has 2 amide bonds. The minimum absolute atomic E-state index is 0.420. The van der Waals surface area contributed by atoms with Crippen LogP contribution >= 0.6 is 0 Å². The molecule has 2 aromatic rings. The fourth-order valence-electron chi connectivity index (χ4n) is 1.65. The summed E-state index contributed by atoms with van der Waals surface area (Å²) >= 11 is 0. The highest BCUT2D eigenvalue weighted by Crippen LogP contribution is 2.14. The number of ether oxygens (including phenoxy) is 1. The SMILES string of the molecule is Cc1ccc(C(=O)Oc2ccc(/C=N/NC(N)=O)cc2)cc1. The summed E-state index contributed by atoms with van der Waals surface area (Å²) in [4.78, 5) is 22.4. The summed E-state index contributed by atoms with van der Waals surface area (Å²) in [5.41, 5.74) is 9.26. The van der Waals surface area contributed by atoms with Gasteiger partial charge in [0, 0.05) is 0 Å². The Morgan fingerprint density at radius 1 is 1.09 bits per heavy atom. The third-order valence-corrected chi connectivity index (χ3v) is 2.77. The van der Waals surface area contributed by atoms with Gasteiger partial charge in [-0.1, -0.05) is 17.7 Å². The predicted octanol–water partition coefficient (Wildman–Crippen LogP) is 2.22. The molecule has 0 aliphatic carbocycles. The normalized spacial score (nSPS) is 10.4. The fourth-order valence-corrected chi connectivity index (χ4v) is 1.65. The number of nitrogens with two attached hydrogens (primary N) is 1. The number of rotatable bonds is 4. The lowest BCUT2D eigenvalue weighted by Crippen LogP contribution is -2.24. The van der Waals surface area contributed by atoms with E-state index in [0.717, 1.165) is 11.1 Å². The van der Waals surface area contributed by atoms with Gasteiger partial charge in [0.1, 0.15) is 5.75 Å². The number of hydrogen-bond acceptors (Lipinski definition) is 4. The molecule has 0 bridgehead atoms. The van der Waals surface area contributed by atoms with Crippen LogP contribution in [0.25, 0.3) is 0 Å². The zero-order chi connectivity index (χ0) is 15.9. The molecule has 0 aromatic heterocycles. The van der Waals surface area contributed by atoms with Gasteiger partial charge < -0.3 is 10.5 Å². The summed E-state index contributed by atoms with van der Waals surface area (Å²) in [5.74, 6) is 0.00222. The summed E-state index contributed by atoms with van der Waals surface area (Å²) in [6, 6.07) is 13.1. The monoisotopic (exact) mass is 297 g/mol. The van der Waals surface area contributed by atoms with Gasteiger partial charge in [0.15, 0.2) is 0 Å². The van der Waals surface area contributed by atoms with E-state index in [9.17, 15) is 9.59 Å². The Balaban J connectivity index is 1.98. The number of carbonyl (C=O) groups is 2. The van der Waals surface area contributed by atoms with E-state index in [1.54, 1.807) is 36.4 Å². The highest BCUT2D eigenvalue weighted by molar-refractivity contribution is 5.91. The molecule has 6 heteroatoms. The molecule has 0 radical (unpaired) electrons. The molecular formula is C16H15N3O3. The molecule has 0 unspecified atom stereocenters. The van der Waals surface area contributed by atoms with Gasteiger partial charge in [-0.2, -0.15) is 5.10 Å². The van der Waals surface area contributed by atoms with Crippen molar-refractivity contribution in [3.05, 3.63) is 65.2 Å². The third kappa shape index (κ3) is 4.45. The predicted molar refractivity (Wildman–Crippen MR) is 82.9 cm³/mol. The summed E-state index contributed by atoms with van der Waals surface area (Å²) in [6.45, 7) is 1.95. The molecule has 6 nitrogen and oxygen atoms in total. The lowest BCUT2D eigenvalue weighted by molar-refractivity contribution is 0.0734. The van der Waals surface area contributed by atoms with Crippen LogP contribution < -0.4 is 15.9 Å². The molecule has 0 heterocycles. The van der Waals surface area contributed by atoms with E-state index in [-0.39, 0.29) is 0 Å². The first-order chi connectivity index (χ1) is 10.5. The van der Waals surface area contributed by atoms with Crippen LogP contribution in [0.5, 0.6) is 5.75 Å². The molecule has 3 N–H and O–H groups in total. The van der Waals surface area contributed by atoms with Crippen molar-refractivity contribution in [3.8, 4) is 5.75 Å². The lowest BCUT2D eigenvalue weighted by atomic mass is 10.1. The second-order valence-corrected chi connectivity index (χ2v) is 4.56. The maximum absolute atomic E-state index is 11.9. The van der Waals surface area contributed by atoms with Crippen LogP contribution in [0.1, 0.15) is 21.5 Å². The van der Waals surface area contributed by atoms with E-state index >= 15 is 0 Å². The molecule has 2 rings (SSSR count). The number of amides is 2. The van der Waals surface area contributed by atoms with Crippen LogP contribution in [0.2, 0.25) is 0 Å². The average molecular weight is 297 g/mol. The van der Waals surface area contributed by atoms with Gasteiger partial charge in [-0.05, 0) is 48.9 Å². The first kappa shape index (κ1) is 15.2. The van der Waals surface area contributed by atoms with Gasteiger partial charge in [-0.25, -0.2) is 15.0 Å². The molecule has 0 saturated carbocycles. The third-order valence-electron chi connectivity index (χ3n) is 2.77. The Morgan fingerprint density at radius 2 is 1.73 bits per heavy atom. The Labute approximate surface area is 127 Å². The molecule has 0 spiro atoms. The molecule has 22 heavy (non-hydrogen) atoms. The van der Waals surface area contributed by atoms with E-state index < -0.39 is 12.0 Å². The number of primary amides is 1. The minimum atomic E-state index is -0.736. The van der Waals surface area contributed by atoms with E-state index in [2.05, 4.69) is 10.5 Å². The summed E-state index contributed by atoms with van der Waals surface area (Å²) in [6.07, 6.45) is 1.43. The van der Waals surface area contributed by atoms with E-state index in [0.29, 0.717) is 11.3 Å².